The van der Waals surface area contributed by atoms with E-state index in [4.69, 9.17) is 13.8 Å². The molecule has 0 bridgehead atoms. The molecule has 0 aromatic carbocycles. The number of hydrogen-bond acceptors (Lipinski definition) is 6. The fourth-order valence-electron chi connectivity index (χ4n) is 9.35. The van der Waals surface area contributed by atoms with Crippen LogP contribution in [0.25, 0.3) is 0 Å². The number of allylic oxidation sites excluding steroid dienone is 9. The zero-order valence-corrected chi connectivity index (χ0v) is 52.3. The van der Waals surface area contributed by atoms with E-state index in [1.165, 1.54) is 186 Å². The molecule has 3 unspecified atom stereocenters. The van der Waals surface area contributed by atoms with Gasteiger partial charge in [-0.15, -0.1) is 0 Å². The Labute approximate surface area is 477 Å². The average Bonchev–Trinajstić information content (AvgIpc) is 3.39. The van der Waals surface area contributed by atoms with Gasteiger partial charge in [-0.25, -0.2) is 4.57 Å². The molecule has 450 valence electrons. The van der Waals surface area contributed by atoms with E-state index in [0.717, 1.165) is 83.5 Å². The third kappa shape index (κ3) is 58.2. The zero-order valence-electron chi connectivity index (χ0n) is 51.5. The smallest absolute Gasteiger partial charge is 0.456 e. The minimum atomic E-state index is -4.45. The minimum Gasteiger partial charge on any atom is -0.456 e. The molecule has 0 fully saturated rings. The Balaban J connectivity index is 5.00. The highest BCUT2D eigenvalue weighted by Crippen LogP contribution is 2.43. The molecule has 0 rings (SSSR count). The second-order valence-corrected chi connectivity index (χ2v) is 24.7. The molecule has 0 aliphatic carbocycles. The first-order valence-electron chi connectivity index (χ1n) is 32.6. The molecule has 0 aliphatic heterocycles. The number of carbonyl (C=O) groups excluding carboxylic acids is 2. The van der Waals surface area contributed by atoms with Gasteiger partial charge in [0, 0.05) is 12.8 Å². The van der Waals surface area contributed by atoms with Gasteiger partial charge in [-0.3, -0.25) is 18.6 Å². The number of nitrogens with one attached hydrogen (secondary N) is 1. The molecule has 3 atom stereocenters. The van der Waals surface area contributed by atoms with Crippen LogP contribution in [0.1, 0.15) is 303 Å². The molecule has 77 heavy (non-hydrogen) atoms. The largest absolute Gasteiger partial charge is 0.472 e. The van der Waals surface area contributed by atoms with Gasteiger partial charge >= 0.3 is 13.8 Å². The molecule has 0 radical (unpaired) electrons. The van der Waals surface area contributed by atoms with Gasteiger partial charge < -0.3 is 19.4 Å². The normalized spacial score (nSPS) is 14.0. The topological polar surface area (TPSA) is 111 Å². The van der Waals surface area contributed by atoms with Crippen molar-refractivity contribution < 1.29 is 37.3 Å². The molecular formula is C67H126N2O7P+. The molecule has 0 saturated heterocycles. The lowest BCUT2D eigenvalue weighted by atomic mass is 10.0. The minimum absolute atomic E-state index is 0.0374. The van der Waals surface area contributed by atoms with Crippen molar-refractivity contribution in [3.05, 3.63) is 60.8 Å². The van der Waals surface area contributed by atoms with Crippen molar-refractivity contribution in [1.82, 2.24) is 5.32 Å². The number of rotatable bonds is 59. The summed E-state index contributed by atoms with van der Waals surface area (Å²) in [5.74, 6) is -0.518. The van der Waals surface area contributed by atoms with Gasteiger partial charge in [0.15, 0.2) is 0 Å². The van der Waals surface area contributed by atoms with Crippen LogP contribution in [0.5, 0.6) is 0 Å². The Kier molecular flexibility index (Phi) is 55.3. The molecule has 0 heterocycles. The number of quaternary nitrogens is 1. The number of nitrogens with zero attached hydrogens (tertiary/aromatic N) is 1. The lowest BCUT2D eigenvalue weighted by Gasteiger charge is -2.27. The van der Waals surface area contributed by atoms with Crippen molar-refractivity contribution in [3.8, 4) is 0 Å². The van der Waals surface area contributed by atoms with Crippen LogP contribution in [0.3, 0.4) is 0 Å². The molecule has 0 aromatic heterocycles. The second-order valence-electron chi connectivity index (χ2n) is 23.3. The van der Waals surface area contributed by atoms with Crippen LogP contribution < -0.4 is 5.32 Å². The fraction of sp³-hybridized carbons (Fsp3) is 0.821. The quantitative estimate of drug-likeness (QED) is 0.0205. The Morgan fingerprint density at radius 1 is 0.455 bits per heavy atom. The summed E-state index contributed by atoms with van der Waals surface area (Å²) in [6.07, 6.45) is 72.3. The van der Waals surface area contributed by atoms with Crippen LogP contribution >= 0.6 is 7.82 Å². The van der Waals surface area contributed by atoms with Crippen LogP contribution in [-0.2, 0) is 27.9 Å². The summed E-state index contributed by atoms with van der Waals surface area (Å²) >= 11 is 0. The molecule has 0 saturated carbocycles. The van der Waals surface area contributed by atoms with E-state index in [1.54, 1.807) is 0 Å². The fourth-order valence-corrected chi connectivity index (χ4v) is 10.1. The van der Waals surface area contributed by atoms with Crippen LogP contribution in [-0.4, -0.2) is 74.3 Å². The third-order valence-corrected chi connectivity index (χ3v) is 15.4. The number of carbonyl (C=O) groups is 2. The SMILES string of the molecule is CCCCC/C=C\C/C=C\C/C=C\CCCCCCCCCCCCCCCCC(=O)OC(/C=C\CCCCCCCCCCC)C(COP(=O)(O)OCC[N+](C)(C)C)NC(=O)CCCCC/C=C\CCCCCCCC. The predicted octanol–water partition coefficient (Wildman–Crippen LogP) is 20.2. The number of hydrogen-bond donors (Lipinski definition) is 2. The van der Waals surface area contributed by atoms with Crippen LogP contribution in [0.15, 0.2) is 60.8 Å². The molecule has 0 spiro atoms. The molecule has 9 nitrogen and oxygen atoms in total. The van der Waals surface area contributed by atoms with E-state index in [1.807, 2.05) is 33.3 Å². The summed E-state index contributed by atoms with van der Waals surface area (Å²) in [7, 11) is 1.49. The van der Waals surface area contributed by atoms with E-state index in [-0.39, 0.29) is 31.5 Å². The van der Waals surface area contributed by atoms with Crippen molar-refractivity contribution in [3.63, 3.8) is 0 Å². The molecule has 10 heteroatoms. The van der Waals surface area contributed by atoms with E-state index in [9.17, 15) is 19.0 Å². The van der Waals surface area contributed by atoms with Crippen LogP contribution in [0.4, 0.5) is 0 Å². The second kappa shape index (κ2) is 57.0. The number of likely N-dealkylation sites (N-methyl/N-ethyl adjacent to an activating group) is 1. The summed E-state index contributed by atoms with van der Waals surface area (Å²) in [6.45, 7) is 6.98. The van der Waals surface area contributed by atoms with Crippen molar-refractivity contribution in [2.75, 3.05) is 40.9 Å². The van der Waals surface area contributed by atoms with E-state index < -0.39 is 20.0 Å². The Hall–Kier alpha value is -2.29. The summed E-state index contributed by atoms with van der Waals surface area (Å²) in [5, 5.41) is 3.04. The molecule has 1 amide bonds. The van der Waals surface area contributed by atoms with Gasteiger partial charge in [0.2, 0.25) is 5.91 Å². The van der Waals surface area contributed by atoms with Gasteiger partial charge in [-0.05, 0) is 96.0 Å². The van der Waals surface area contributed by atoms with E-state index in [2.05, 4.69) is 74.7 Å². The van der Waals surface area contributed by atoms with Crippen LogP contribution in [0.2, 0.25) is 0 Å². The standard InChI is InChI=1S/C67H125N2O7P/c1-7-10-13-16-19-22-25-27-28-29-30-31-32-33-34-35-36-37-38-39-40-42-45-48-51-54-57-60-67(71)76-65(58-55-52-49-46-43-24-21-18-15-12-9-3)64(63-75-77(72,73)74-62-61-69(4,5)6)68-66(70)59-56-53-50-47-44-41-26-23-20-17-14-11-8-2/h19,22,27-28,30-31,41,44,55,58,64-65H,7-18,20-21,23-26,29,32-40,42-43,45-54,56-57,59-63H2,1-6H3,(H-,68,70,72,73)/p+1/b22-19-,28-27-,31-30-,44-41-,58-55-. The lowest BCUT2D eigenvalue weighted by Crippen LogP contribution is -2.47. The van der Waals surface area contributed by atoms with Gasteiger partial charge in [0.25, 0.3) is 0 Å². The van der Waals surface area contributed by atoms with Crippen LogP contribution in [0, 0.1) is 0 Å². The summed E-state index contributed by atoms with van der Waals surface area (Å²) in [5.41, 5.74) is 0. The highest BCUT2D eigenvalue weighted by molar-refractivity contribution is 7.47. The Morgan fingerprint density at radius 2 is 0.792 bits per heavy atom. The first kappa shape index (κ1) is 74.7. The molecule has 2 N–H and O–H groups in total. The van der Waals surface area contributed by atoms with Crippen molar-refractivity contribution in [2.45, 2.75) is 315 Å². The highest BCUT2D eigenvalue weighted by atomic mass is 31.2. The molecule has 0 aliphatic rings. The Bertz CT molecular complexity index is 1500. The van der Waals surface area contributed by atoms with Gasteiger partial charge in [0.05, 0.1) is 33.8 Å². The van der Waals surface area contributed by atoms with Gasteiger partial charge in [0.1, 0.15) is 19.3 Å². The zero-order chi connectivity index (χ0) is 56.4. The maximum Gasteiger partial charge on any atom is 0.472 e. The summed E-state index contributed by atoms with van der Waals surface area (Å²) in [4.78, 5) is 37.7. The lowest BCUT2D eigenvalue weighted by molar-refractivity contribution is -0.870. The summed E-state index contributed by atoms with van der Waals surface area (Å²) < 4.78 is 30.7. The third-order valence-electron chi connectivity index (χ3n) is 14.4. The average molecular weight is 1100 g/mol. The first-order chi connectivity index (χ1) is 37.4. The molecular weight excluding hydrogens is 976 g/mol. The van der Waals surface area contributed by atoms with Gasteiger partial charge in [-0.2, -0.15) is 0 Å². The number of phosphoric ester groups is 1. The van der Waals surface area contributed by atoms with Gasteiger partial charge in [-0.1, -0.05) is 255 Å². The van der Waals surface area contributed by atoms with E-state index >= 15 is 0 Å². The summed E-state index contributed by atoms with van der Waals surface area (Å²) in [6, 6.07) is -0.855. The number of esters is 1. The number of ether oxygens (including phenoxy) is 1. The van der Waals surface area contributed by atoms with Crippen molar-refractivity contribution in [2.24, 2.45) is 0 Å². The first-order valence-corrected chi connectivity index (χ1v) is 34.1. The maximum absolute atomic E-state index is 13.5. The van der Waals surface area contributed by atoms with Crippen molar-refractivity contribution >= 4 is 19.7 Å². The number of unbranched alkanes of at least 4 members (excludes halogenated alkanes) is 35. The van der Waals surface area contributed by atoms with E-state index in [0.29, 0.717) is 17.4 Å². The number of amides is 1. The highest BCUT2D eigenvalue weighted by Gasteiger charge is 2.30. The Morgan fingerprint density at radius 3 is 1.23 bits per heavy atom. The maximum atomic E-state index is 13.5. The predicted molar refractivity (Wildman–Crippen MR) is 332 cm³/mol. The molecule has 0 aromatic rings. The number of phosphoric acid groups is 1. The van der Waals surface area contributed by atoms with Crippen molar-refractivity contribution in [1.29, 1.82) is 0 Å². The monoisotopic (exact) mass is 1100 g/mol.